The second-order valence-corrected chi connectivity index (χ2v) is 8.23. The minimum Gasteiger partial charge on any atom is -0.442 e. The molecule has 9 heteroatoms. The van der Waals surface area contributed by atoms with Crippen molar-refractivity contribution in [1.29, 1.82) is 0 Å². The van der Waals surface area contributed by atoms with Crippen LogP contribution in [0.25, 0.3) is 0 Å². The van der Waals surface area contributed by atoms with Gasteiger partial charge in [0.1, 0.15) is 6.10 Å². The second-order valence-electron chi connectivity index (χ2n) is 6.08. The Morgan fingerprint density at radius 1 is 1.42 bits per heavy atom. The Balaban J connectivity index is 1.90. The van der Waals surface area contributed by atoms with Gasteiger partial charge >= 0.3 is 6.09 Å². The molecule has 2 aliphatic rings. The van der Waals surface area contributed by atoms with Crippen LogP contribution in [0.4, 0.5) is 10.5 Å². The van der Waals surface area contributed by atoms with Crippen LogP contribution in [0.5, 0.6) is 0 Å². The maximum atomic E-state index is 12.3. The SMILES string of the molecule is CC(=O)NC[C@@H]1OC(=O)N2c3ccc(S(=O)(=O)N(C)C)cc3C[C@@H]12. The third-order valence-electron chi connectivity index (χ3n) is 4.28. The average molecular weight is 353 g/mol. The number of amides is 2. The van der Waals surface area contributed by atoms with E-state index in [4.69, 9.17) is 4.74 Å². The van der Waals surface area contributed by atoms with E-state index < -0.39 is 22.2 Å². The van der Waals surface area contributed by atoms with Crippen LogP contribution >= 0.6 is 0 Å². The molecule has 1 aromatic carbocycles. The molecule has 1 N–H and O–H groups in total. The fraction of sp³-hybridized carbons (Fsp3) is 0.467. The Morgan fingerprint density at radius 3 is 2.75 bits per heavy atom. The number of carbonyl (C=O) groups is 2. The summed E-state index contributed by atoms with van der Waals surface area (Å²) in [4.78, 5) is 24.9. The summed E-state index contributed by atoms with van der Waals surface area (Å²) in [5.41, 5.74) is 1.44. The lowest BCUT2D eigenvalue weighted by atomic mass is 10.1. The zero-order valence-corrected chi connectivity index (χ0v) is 14.5. The molecule has 0 unspecified atom stereocenters. The number of anilines is 1. The standard InChI is InChI=1S/C15H19N3O5S/c1-9(19)16-8-14-13-7-10-6-11(24(21,22)17(2)3)4-5-12(10)18(13)15(20)23-14/h4-6,13-14H,7-8H2,1-3H3,(H,16,19)/t13-,14-/m0/s1. The van der Waals surface area contributed by atoms with Crippen LogP contribution in [0.2, 0.25) is 0 Å². The number of cyclic esters (lactones) is 1. The number of ether oxygens (including phenoxy) is 1. The number of carbonyl (C=O) groups excluding carboxylic acids is 2. The molecule has 24 heavy (non-hydrogen) atoms. The van der Waals surface area contributed by atoms with E-state index in [1.807, 2.05) is 0 Å². The van der Waals surface area contributed by atoms with Gasteiger partial charge in [-0.3, -0.25) is 9.69 Å². The number of hydrogen-bond donors (Lipinski definition) is 1. The first-order valence-corrected chi connectivity index (χ1v) is 8.95. The summed E-state index contributed by atoms with van der Waals surface area (Å²) in [6.07, 6.45) is -0.442. The van der Waals surface area contributed by atoms with E-state index in [2.05, 4.69) is 5.32 Å². The van der Waals surface area contributed by atoms with Gasteiger partial charge in [0.25, 0.3) is 0 Å². The van der Waals surface area contributed by atoms with Crippen LogP contribution in [0.1, 0.15) is 12.5 Å². The van der Waals surface area contributed by atoms with Crippen molar-refractivity contribution < 1.29 is 22.7 Å². The first kappa shape index (κ1) is 16.7. The highest BCUT2D eigenvalue weighted by molar-refractivity contribution is 7.89. The van der Waals surface area contributed by atoms with Gasteiger partial charge in [0.15, 0.2) is 0 Å². The van der Waals surface area contributed by atoms with Gasteiger partial charge in [0.05, 0.1) is 23.2 Å². The molecule has 2 aliphatic heterocycles. The zero-order valence-electron chi connectivity index (χ0n) is 13.6. The number of fused-ring (bicyclic) bond motifs is 3. The van der Waals surface area contributed by atoms with Crippen molar-refractivity contribution in [2.45, 2.75) is 30.4 Å². The molecule has 2 heterocycles. The van der Waals surface area contributed by atoms with Crippen LogP contribution in [0, 0.1) is 0 Å². The predicted octanol–water partition coefficient (Wildman–Crippen LogP) is 0.323. The van der Waals surface area contributed by atoms with E-state index in [9.17, 15) is 18.0 Å². The molecule has 0 saturated carbocycles. The Labute approximate surface area is 140 Å². The predicted molar refractivity (Wildman–Crippen MR) is 86.2 cm³/mol. The summed E-state index contributed by atoms with van der Waals surface area (Å²) in [6, 6.07) is 4.49. The van der Waals surface area contributed by atoms with Crippen LogP contribution < -0.4 is 10.2 Å². The number of hydrogen-bond acceptors (Lipinski definition) is 5. The number of nitrogens with zero attached hydrogens (tertiary/aromatic N) is 2. The largest absolute Gasteiger partial charge is 0.442 e. The first-order valence-electron chi connectivity index (χ1n) is 7.51. The molecular weight excluding hydrogens is 334 g/mol. The van der Waals surface area contributed by atoms with Gasteiger partial charge < -0.3 is 10.1 Å². The lowest BCUT2D eigenvalue weighted by Crippen LogP contribution is -2.40. The summed E-state index contributed by atoms with van der Waals surface area (Å²) >= 11 is 0. The van der Waals surface area contributed by atoms with Crippen LogP contribution in [-0.4, -0.2) is 57.5 Å². The molecule has 0 aromatic heterocycles. The van der Waals surface area contributed by atoms with Gasteiger partial charge in [0.2, 0.25) is 15.9 Å². The monoisotopic (exact) mass is 353 g/mol. The Kier molecular flexibility index (Phi) is 4.00. The molecular formula is C15H19N3O5S. The summed E-state index contributed by atoms with van der Waals surface area (Å²) < 4.78 is 31.0. The summed E-state index contributed by atoms with van der Waals surface area (Å²) in [5, 5.41) is 2.65. The molecule has 3 rings (SSSR count). The highest BCUT2D eigenvalue weighted by Crippen LogP contribution is 2.39. The molecule has 8 nitrogen and oxygen atoms in total. The van der Waals surface area contributed by atoms with Crippen LogP contribution in [0.15, 0.2) is 23.1 Å². The zero-order chi connectivity index (χ0) is 17.6. The van der Waals surface area contributed by atoms with E-state index in [0.29, 0.717) is 12.1 Å². The van der Waals surface area contributed by atoms with Gasteiger partial charge in [-0.2, -0.15) is 0 Å². The summed E-state index contributed by atoms with van der Waals surface area (Å²) in [6.45, 7) is 1.63. The van der Waals surface area contributed by atoms with Crippen molar-refractivity contribution in [2.24, 2.45) is 0 Å². The van der Waals surface area contributed by atoms with Gasteiger partial charge in [-0.15, -0.1) is 0 Å². The third-order valence-corrected chi connectivity index (χ3v) is 6.09. The summed E-state index contributed by atoms with van der Waals surface area (Å²) in [5.74, 6) is -0.195. The molecule has 1 saturated heterocycles. The molecule has 0 aliphatic carbocycles. The molecule has 1 aromatic rings. The van der Waals surface area contributed by atoms with Gasteiger partial charge in [0, 0.05) is 21.0 Å². The second kappa shape index (κ2) is 5.75. The normalized spacial score (nSPS) is 22.3. The van der Waals surface area contributed by atoms with Crippen molar-refractivity contribution in [3.63, 3.8) is 0 Å². The lowest BCUT2D eigenvalue weighted by Gasteiger charge is -2.16. The molecule has 2 amide bonds. The molecule has 130 valence electrons. The maximum Gasteiger partial charge on any atom is 0.415 e. The van der Waals surface area contributed by atoms with Gasteiger partial charge in [-0.1, -0.05) is 0 Å². The van der Waals surface area contributed by atoms with E-state index in [-0.39, 0.29) is 23.4 Å². The van der Waals surface area contributed by atoms with Crippen molar-refractivity contribution in [3.05, 3.63) is 23.8 Å². The lowest BCUT2D eigenvalue weighted by molar-refractivity contribution is -0.119. The van der Waals surface area contributed by atoms with E-state index in [1.54, 1.807) is 12.1 Å². The van der Waals surface area contributed by atoms with E-state index in [0.717, 1.165) is 9.87 Å². The number of rotatable bonds is 4. The molecule has 0 bridgehead atoms. The van der Waals surface area contributed by atoms with Crippen molar-refractivity contribution in [3.8, 4) is 0 Å². The fourth-order valence-electron chi connectivity index (χ4n) is 3.05. The molecule has 2 atom stereocenters. The number of benzene rings is 1. The summed E-state index contributed by atoms with van der Waals surface area (Å²) in [7, 11) is -0.581. The molecule has 0 radical (unpaired) electrons. The number of nitrogens with one attached hydrogen (secondary N) is 1. The molecule has 1 fully saturated rings. The van der Waals surface area contributed by atoms with E-state index in [1.165, 1.54) is 32.0 Å². The third kappa shape index (κ3) is 2.63. The Hall–Kier alpha value is -2.13. The van der Waals surface area contributed by atoms with E-state index >= 15 is 0 Å². The average Bonchev–Trinajstić information content (AvgIpc) is 3.02. The first-order chi connectivity index (χ1) is 11.2. The van der Waals surface area contributed by atoms with Crippen LogP contribution in [-0.2, 0) is 26.0 Å². The van der Waals surface area contributed by atoms with Crippen LogP contribution in [0.3, 0.4) is 0 Å². The van der Waals surface area contributed by atoms with Crippen molar-refractivity contribution in [2.75, 3.05) is 25.5 Å². The highest BCUT2D eigenvalue weighted by Gasteiger charge is 2.47. The minimum absolute atomic E-state index is 0.194. The fourth-order valence-corrected chi connectivity index (χ4v) is 4.00. The molecule has 0 spiro atoms. The Morgan fingerprint density at radius 2 is 2.12 bits per heavy atom. The maximum absolute atomic E-state index is 12.3. The Bertz CT molecular complexity index is 805. The quantitative estimate of drug-likeness (QED) is 0.841. The topological polar surface area (TPSA) is 96.0 Å². The number of sulfonamides is 1. The minimum atomic E-state index is -3.53. The van der Waals surface area contributed by atoms with Crippen molar-refractivity contribution >= 4 is 27.7 Å². The van der Waals surface area contributed by atoms with Gasteiger partial charge in [-0.25, -0.2) is 17.5 Å². The smallest absolute Gasteiger partial charge is 0.415 e. The highest BCUT2D eigenvalue weighted by atomic mass is 32.2. The van der Waals surface area contributed by atoms with Crippen molar-refractivity contribution in [1.82, 2.24) is 9.62 Å². The van der Waals surface area contributed by atoms with Gasteiger partial charge in [-0.05, 0) is 30.2 Å².